The predicted molar refractivity (Wildman–Crippen MR) is 98.7 cm³/mol. The van der Waals surface area contributed by atoms with E-state index in [-0.39, 0.29) is 17.9 Å². The van der Waals surface area contributed by atoms with Crippen LogP contribution in [-0.4, -0.2) is 24.4 Å². The summed E-state index contributed by atoms with van der Waals surface area (Å²) in [6, 6.07) is 11.3. The smallest absolute Gasteiger partial charge is 0.338 e. The first kappa shape index (κ1) is 19.0. The van der Waals surface area contributed by atoms with E-state index in [1.165, 1.54) is 24.7 Å². The number of hydrogen-bond donors (Lipinski definition) is 2. The maximum atomic E-state index is 12.2. The van der Waals surface area contributed by atoms with Crippen LogP contribution in [0.1, 0.15) is 32.2 Å². The van der Waals surface area contributed by atoms with Crippen molar-refractivity contribution < 1.29 is 28.0 Å². The SMILES string of the molecule is Cc1ccc(C(=O)OCC(=O)NCc2ccco2)cc1NC(=O)c1ccco1. The summed E-state index contributed by atoms with van der Waals surface area (Å²) in [5.41, 5.74) is 1.41. The van der Waals surface area contributed by atoms with Gasteiger partial charge in [-0.05, 0) is 48.9 Å². The van der Waals surface area contributed by atoms with Crippen LogP contribution in [0.2, 0.25) is 0 Å². The zero-order chi connectivity index (χ0) is 19.9. The highest BCUT2D eigenvalue weighted by Crippen LogP contribution is 2.19. The van der Waals surface area contributed by atoms with E-state index < -0.39 is 24.4 Å². The van der Waals surface area contributed by atoms with Gasteiger partial charge < -0.3 is 24.2 Å². The van der Waals surface area contributed by atoms with Crippen molar-refractivity contribution in [2.24, 2.45) is 0 Å². The number of amides is 2. The Kier molecular flexibility index (Phi) is 5.91. The maximum Gasteiger partial charge on any atom is 0.338 e. The molecule has 8 nitrogen and oxygen atoms in total. The van der Waals surface area contributed by atoms with Gasteiger partial charge in [-0.3, -0.25) is 9.59 Å². The van der Waals surface area contributed by atoms with Crippen LogP contribution in [0.5, 0.6) is 0 Å². The number of carbonyl (C=O) groups excluding carboxylic acids is 3. The molecule has 0 aliphatic carbocycles. The van der Waals surface area contributed by atoms with Gasteiger partial charge in [-0.2, -0.15) is 0 Å². The van der Waals surface area contributed by atoms with Crippen molar-refractivity contribution in [2.45, 2.75) is 13.5 Å². The highest BCUT2D eigenvalue weighted by molar-refractivity contribution is 6.03. The van der Waals surface area contributed by atoms with Crippen LogP contribution in [0.15, 0.2) is 63.8 Å². The lowest BCUT2D eigenvalue weighted by molar-refractivity contribution is -0.124. The molecule has 0 unspecified atom stereocenters. The summed E-state index contributed by atoms with van der Waals surface area (Å²) in [5.74, 6) is -0.823. The molecule has 0 bridgehead atoms. The topological polar surface area (TPSA) is 111 Å². The van der Waals surface area contributed by atoms with Crippen LogP contribution in [0.4, 0.5) is 5.69 Å². The lowest BCUT2D eigenvalue weighted by Gasteiger charge is -2.10. The van der Waals surface area contributed by atoms with E-state index in [0.717, 1.165) is 5.56 Å². The highest BCUT2D eigenvalue weighted by Gasteiger charge is 2.15. The second-order valence-corrected chi connectivity index (χ2v) is 5.89. The molecule has 0 saturated heterocycles. The third kappa shape index (κ3) is 4.88. The van der Waals surface area contributed by atoms with Gasteiger partial charge in [0.05, 0.1) is 24.6 Å². The van der Waals surface area contributed by atoms with E-state index in [1.807, 2.05) is 0 Å². The zero-order valence-electron chi connectivity index (χ0n) is 15.1. The minimum Gasteiger partial charge on any atom is -0.467 e. The second kappa shape index (κ2) is 8.72. The van der Waals surface area contributed by atoms with Crippen molar-refractivity contribution in [3.8, 4) is 0 Å². The molecule has 2 N–H and O–H groups in total. The molecule has 8 heteroatoms. The Balaban J connectivity index is 1.56. The number of carbonyl (C=O) groups is 3. The van der Waals surface area contributed by atoms with E-state index in [4.69, 9.17) is 13.6 Å². The number of rotatable bonds is 7. The van der Waals surface area contributed by atoms with Gasteiger partial charge in [0.25, 0.3) is 11.8 Å². The minimum absolute atomic E-state index is 0.153. The number of hydrogen-bond acceptors (Lipinski definition) is 6. The Morgan fingerprint density at radius 3 is 2.54 bits per heavy atom. The van der Waals surface area contributed by atoms with Gasteiger partial charge in [-0.1, -0.05) is 6.07 Å². The van der Waals surface area contributed by atoms with Gasteiger partial charge in [-0.25, -0.2) is 4.79 Å². The molecule has 0 fully saturated rings. The third-order valence-electron chi connectivity index (χ3n) is 3.84. The minimum atomic E-state index is -0.679. The van der Waals surface area contributed by atoms with Gasteiger partial charge in [0.15, 0.2) is 12.4 Å². The van der Waals surface area contributed by atoms with E-state index in [1.54, 1.807) is 37.3 Å². The predicted octanol–water partition coefficient (Wildman–Crippen LogP) is 2.91. The summed E-state index contributed by atoms with van der Waals surface area (Å²) in [5, 5.41) is 5.26. The van der Waals surface area contributed by atoms with Crippen LogP contribution in [-0.2, 0) is 16.1 Å². The fourth-order valence-corrected chi connectivity index (χ4v) is 2.34. The zero-order valence-corrected chi connectivity index (χ0v) is 15.1. The van der Waals surface area contributed by atoms with E-state index in [2.05, 4.69) is 10.6 Å². The molecule has 1 aromatic carbocycles. The molecule has 144 valence electrons. The van der Waals surface area contributed by atoms with E-state index in [0.29, 0.717) is 11.4 Å². The first-order valence-corrected chi connectivity index (χ1v) is 8.44. The molecule has 0 spiro atoms. The van der Waals surface area contributed by atoms with E-state index in [9.17, 15) is 14.4 Å². The van der Waals surface area contributed by atoms with E-state index >= 15 is 0 Å². The fourth-order valence-electron chi connectivity index (χ4n) is 2.34. The molecule has 0 radical (unpaired) electrons. The van der Waals surface area contributed by atoms with Crippen LogP contribution in [0.25, 0.3) is 0 Å². The van der Waals surface area contributed by atoms with Crippen LogP contribution in [0.3, 0.4) is 0 Å². The molecule has 0 aliphatic heterocycles. The monoisotopic (exact) mass is 382 g/mol. The number of anilines is 1. The lowest BCUT2D eigenvalue weighted by atomic mass is 10.1. The van der Waals surface area contributed by atoms with Gasteiger partial charge >= 0.3 is 5.97 Å². The summed E-state index contributed by atoms with van der Waals surface area (Å²) in [7, 11) is 0. The Bertz CT molecular complexity index is 961. The standard InChI is InChI=1S/C20H18N2O6/c1-13-6-7-14(10-16(13)22-19(24)17-5-3-9-27-17)20(25)28-12-18(23)21-11-15-4-2-8-26-15/h2-10H,11-12H2,1H3,(H,21,23)(H,22,24). The number of esters is 1. The van der Waals surface area contributed by atoms with Crippen LogP contribution in [0, 0.1) is 6.92 Å². The average Bonchev–Trinajstić information content (AvgIpc) is 3.40. The molecule has 2 amide bonds. The highest BCUT2D eigenvalue weighted by atomic mass is 16.5. The van der Waals surface area contributed by atoms with Crippen LogP contribution >= 0.6 is 0 Å². The number of furan rings is 2. The summed E-state index contributed by atoms with van der Waals surface area (Å²) in [4.78, 5) is 36.1. The molecular weight excluding hydrogens is 364 g/mol. The van der Waals surface area contributed by atoms with Crippen molar-refractivity contribution >= 4 is 23.5 Å². The Hall–Kier alpha value is -3.81. The second-order valence-electron chi connectivity index (χ2n) is 5.89. The Morgan fingerprint density at radius 1 is 1.04 bits per heavy atom. The Labute approximate surface area is 160 Å². The number of aryl methyl sites for hydroxylation is 1. The molecule has 0 aliphatic rings. The van der Waals surface area contributed by atoms with Crippen molar-refractivity contribution in [3.05, 3.63) is 77.6 Å². The first-order valence-electron chi connectivity index (χ1n) is 8.44. The number of ether oxygens (including phenoxy) is 1. The quantitative estimate of drug-likeness (QED) is 0.608. The molecule has 0 atom stereocenters. The maximum absolute atomic E-state index is 12.2. The van der Waals surface area contributed by atoms with Crippen LogP contribution < -0.4 is 10.6 Å². The largest absolute Gasteiger partial charge is 0.467 e. The number of benzene rings is 1. The van der Waals surface area contributed by atoms with Gasteiger partial charge in [0.2, 0.25) is 0 Å². The molecule has 2 heterocycles. The Morgan fingerprint density at radius 2 is 1.82 bits per heavy atom. The number of nitrogens with one attached hydrogen (secondary N) is 2. The summed E-state index contributed by atoms with van der Waals surface area (Å²) >= 11 is 0. The molecular formula is C20H18N2O6. The van der Waals surface area contributed by atoms with Gasteiger partial charge in [0.1, 0.15) is 5.76 Å². The molecule has 3 rings (SSSR count). The normalized spacial score (nSPS) is 10.3. The average molecular weight is 382 g/mol. The first-order chi connectivity index (χ1) is 13.5. The molecule has 0 saturated carbocycles. The molecule has 3 aromatic rings. The van der Waals surface area contributed by atoms with Crippen molar-refractivity contribution in [1.82, 2.24) is 5.32 Å². The van der Waals surface area contributed by atoms with Crippen molar-refractivity contribution in [3.63, 3.8) is 0 Å². The van der Waals surface area contributed by atoms with Crippen molar-refractivity contribution in [1.29, 1.82) is 0 Å². The summed E-state index contributed by atoms with van der Waals surface area (Å²) in [6.45, 7) is 1.56. The molecule has 2 aromatic heterocycles. The van der Waals surface area contributed by atoms with Gasteiger partial charge in [-0.15, -0.1) is 0 Å². The summed E-state index contributed by atoms with van der Waals surface area (Å²) < 4.78 is 15.2. The van der Waals surface area contributed by atoms with Crippen molar-refractivity contribution in [2.75, 3.05) is 11.9 Å². The molecule has 28 heavy (non-hydrogen) atoms. The fraction of sp³-hybridized carbons (Fsp3) is 0.150. The summed E-state index contributed by atoms with van der Waals surface area (Å²) in [6.07, 6.45) is 2.90. The lowest BCUT2D eigenvalue weighted by Crippen LogP contribution is -2.28. The third-order valence-corrected chi connectivity index (χ3v) is 3.84. The van der Waals surface area contributed by atoms with Gasteiger partial charge in [0, 0.05) is 5.69 Å².